The van der Waals surface area contributed by atoms with Crippen molar-refractivity contribution in [1.29, 1.82) is 0 Å². The molecule has 3 aromatic carbocycles. The lowest BCUT2D eigenvalue weighted by molar-refractivity contribution is 0.0759. The fourth-order valence-corrected chi connectivity index (χ4v) is 5.65. The van der Waals surface area contributed by atoms with Crippen LogP contribution in [-0.2, 0) is 10.0 Å². The Morgan fingerprint density at radius 3 is 2.40 bits per heavy atom. The van der Waals surface area contributed by atoms with Crippen molar-refractivity contribution in [1.82, 2.24) is 19.0 Å². The van der Waals surface area contributed by atoms with E-state index in [4.69, 9.17) is 14.3 Å². The summed E-state index contributed by atoms with van der Waals surface area (Å²) in [4.78, 5) is 35.6. The summed E-state index contributed by atoms with van der Waals surface area (Å²) in [5.74, 6) is 0.345. The first kappa shape index (κ1) is 26.5. The molecule has 40 heavy (non-hydrogen) atoms. The minimum absolute atomic E-state index is 0.0800. The first-order valence-electron chi connectivity index (χ1n) is 12.1. The van der Waals surface area contributed by atoms with Crippen molar-refractivity contribution in [2.45, 2.75) is 11.8 Å². The molecule has 0 spiro atoms. The molecule has 0 aliphatic rings. The van der Waals surface area contributed by atoms with Gasteiger partial charge in [-0.3, -0.25) is 4.79 Å². The van der Waals surface area contributed by atoms with Crippen LogP contribution in [0.1, 0.15) is 17.3 Å². The molecule has 0 fully saturated rings. The number of nitrogens with one attached hydrogen (secondary N) is 1. The highest BCUT2D eigenvalue weighted by molar-refractivity contribution is 7.90. The van der Waals surface area contributed by atoms with Gasteiger partial charge in [0.2, 0.25) is 0 Å². The summed E-state index contributed by atoms with van der Waals surface area (Å²) >= 11 is 0. The molecule has 1 amide bonds. The van der Waals surface area contributed by atoms with Crippen LogP contribution in [0.4, 0.5) is 0 Å². The standard InChI is InChI=1S/C28H24N4O7S/c1-3-38-21-13-14-22-23(18-21)31(26-11-7-8-16-29-26)28(34)32(22)40(35,36)25-15-12-19(17-24(25)37-2)27(33)30-39-20-9-5-4-6-10-20/h4-18H,3H2,1-2H3,(H,30,33). The number of benzene rings is 3. The Hall–Kier alpha value is -5.10. The molecule has 0 saturated heterocycles. The minimum Gasteiger partial charge on any atom is -0.495 e. The van der Waals surface area contributed by atoms with Crippen molar-refractivity contribution in [3.05, 3.63) is 107 Å². The van der Waals surface area contributed by atoms with Crippen LogP contribution in [0.5, 0.6) is 17.2 Å². The van der Waals surface area contributed by atoms with Crippen molar-refractivity contribution >= 4 is 27.0 Å². The maximum atomic E-state index is 14.0. The Kier molecular flexibility index (Phi) is 7.25. The molecule has 1 N–H and O–H groups in total. The van der Waals surface area contributed by atoms with Gasteiger partial charge in [0.25, 0.3) is 15.9 Å². The van der Waals surface area contributed by atoms with Gasteiger partial charge < -0.3 is 14.3 Å². The van der Waals surface area contributed by atoms with Crippen LogP contribution in [-0.4, -0.2) is 41.6 Å². The molecular formula is C28H24N4O7S. The van der Waals surface area contributed by atoms with Gasteiger partial charge in [0.1, 0.15) is 22.2 Å². The normalized spacial score (nSPS) is 11.2. The number of aromatic nitrogens is 3. The van der Waals surface area contributed by atoms with E-state index in [0.717, 1.165) is 0 Å². The van der Waals surface area contributed by atoms with Crippen LogP contribution >= 0.6 is 0 Å². The number of carbonyl (C=O) groups excluding carboxylic acids is 1. The maximum absolute atomic E-state index is 14.0. The molecule has 0 aliphatic carbocycles. The number of amides is 1. The zero-order chi connectivity index (χ0) is 28.3. The molecule has 0 saturated carbocycles. The second kappa shape index (κ2) is 10.9. The van der Waals surface area contributed by atoms with Crippen molar-refractivity contribution in [2.24, 2.45) is 0 Å². The van der Waals surface area contributed by atoms with Crippen molar-refractivity contribution in [2.75, 3.05) is 13.7 Å². The Bertz CT molecular complexity index is 1850. The zero-order valence-corrected chi connectivity index (χ0v) is 22.3. The SMILES string of the molecule is CCOc1ccc2c(c1)n(-c1ccccn1)c(=O)n2S(=O)(=O)c1ccc(C(=O)NOc2ccccc2)cc1OC. The number of nitrogens with zero attached hydrogens (tertiary/aromatic N) is 3. The van der Waals surface area contributed by atoms with E-state index < -0.39 is 21.6 Å². The third-order valence-corrected chi connectivity index (χ3v) is 7.64. The minimum atomic E-state index is -4.52. The number of pyridine rings is 1. The largest absolute Gasteiger partial charge is 0.495 e. The number of hydrogen-bond acceptors (Lipinski definition) is 8. The highest BCUT2D eigenvalue weighted by atomic mass is 32.2. The molecule has 0 radical (unpaired) electrons. The number of rotatable bonds is 9. The number of para-hydroxylation sites is 1. The van der Waals surface area contributed by atoms with E-state index in [1.807, 2.05) is 6.92 Å². The molecular weight excluding hydrogens is 536 g/mol. The molecule has 2 aromatic heterocycles. The Labute approximate surface area is 229 Å². The van der Waals surface area contributed by atoms with Gasteiger partial charge in [-0.2, -0.15) is 9.45 Å². The van der Waals surface area contributed by atoms with Crippen molar-refractivity contribution < 1.29 is 27.5 Å². The van der Waals surface area contributed by atoms with Gasteiger partial charge in [0.05, 0.1) is 24.8 Å². The molecule has 0 bridgehead atoms. The molecule has 12 heteroatoms. The zero-order valence-electron chi connectivity index (χ0n) is 21.5. The summed E-state index contributed by atoms with van der Waals surface area (Å²) in [6.07, 6.45) is 1.50. The van der Waals surface area contributed by atoms with Crippen LogP contribution in [0, 0.1) is 0 Å². The predicted molar refractivity (Wildman–Crippen MR) is 147 cm³/mol. The van der Waals surface area contributed by atoms with E-state index in [0.29, 0.717) is 22.1 Å². The third-order valence-electron chi connectivity index (χ3n) is 5.91. The molecule has 11 nitrogen and oxygen atoms in total. The second-order valence-corrected chi connectivity index (χ2v) is 10.1. The average molecular weight is 561 g/mol. The third kappa shape index (κ3) is 4.87. The lowest BCUT2D eigenvalue weighted by atomic mass is 10.2. The first-order valence-corrected chi connectivity index (χ1v) is 13.6. The van der Waals surface area contributed by atoms with Gasteiger partial charge >= 0.3 is 5.69 Å². The molecule has 0 unspecified atom stereocenters. The molecule has 5 rings (SSSR count). The number of methoxy groups -OCH3 is 1. The van der Waals surface area contributed by atoms with Gasteiger partial charge in [-0.1, -0.05) is 24.3 Å². The van der Waals surface area contributed by atoms with E-state index in [1.54, 1.807) is 60.7 Å². The first-order chi connectivity index (χ1) is 19.3. The van der Waals surface area contributed by atoms with E-state index in [2.05, 4.69) is 10.5 Å². The highest BCUT2D eigenvalue weighted by Gasteiger charge is 2.30. The van der Waals surface area contributed by atoms with Gasteiger partial charge in [-0.05, 0) is 61.5 Å². The lowest BCUT2D eigenvalue weighted by Crippen LogP contribution is -2.30. The quantitative estimate of drug-likeness (QED) is 0.271. The van der Waals surface area contributed by atoms with E-state index >= 15 is 0 Å². The molecule has 0 atom stereocenters. The summed E-state index contributed by atoms with van der Waals surface area (Å²) in [6, 6.07) is 22.0. The topological polar surface area (TPSA) is 131 Å². The summed E-state index contributed by atoms with van der Waals surface area (Å²) < 4.78 is 40.8. The van der Waals surface area contributed by atoms with E-state index in [-0.39, 0.29) is 33.1 Å². The highest BCUT2D eigenvalue weighted by Crippen LogP contribution is 2.30. The van der Waals surface area contributed by atoms with Crippen LogP contribution in [0.3, 0.4) is 0 Å². The van der Waals surface area contributed by atoms with Gasteiger partial charge in [-0.15, -0.1) is 0 Å². The Morgan fingerprint density at radius 1 is 0.925 bits per heavy atom. The smallest absolute Gasteiger partial charge is 0.349 e. The lowest BCUT2D eigenvalue weighted by Gasteiger charge is -2.12. The summed E-state index contributed by atoms with van der Waals surface area (Å²) in [7, 11) is -3.25. The monoisotopic (exact) mass is 560 g/mol. The van der Waals surface area contributed by atoms with E-state index in [1.165, 1.54) is 42.1 Å². The maximum Gasteiger partial charge on any atom is 0.349 e. The van der Waals surface area contributed by atoms with Crippen molar-refractivity contribution in [3.63, 3.8) is 0 Å². The fourth-order valence-electron chi connectivity index (χ4n) is 4.12. The van der Waals surface area contributed by atoms with Crippen molar-refractivity contribution in [3.8, 4) is 23.1 Å². The average Bonchev–Trinajstić information content (AvgIpc) is 3.28. The van der Waals surface area contributed by atoms with Gasteiger partial charge in [0, 0.05) is 17.8 Å². The summed E-state index contributed by atoms with van der Waals surface area (Å²) in [5, 5.41) is 0. The summed E-state index contributed by atoms with van der Waals surface area (Å²) in [6.45, 7) is 2.20. The number of ether oxygens (including phenoxy) is 2. The van der Waals surface area contributed by atoms with Crippen LogP contribution < -0.4 is 25.5 Å². The van der Waals surface area contributed by atoms with Crippen LogP contribution in [0.15, 0.2) is 101 Å². The number of fused-ring (bicyclic) bond motifs is 1. The molecule has 5 aromatic rings. The molecule has 204 valence electrons. The number of carbonyl (C=O) groups is 1. The Morgan fingerprint density at radius 2 is 1.70 bits per heavy atom. The molecule has 2 heterocycles. The fraction of sp³-hybridized carbons (Fsp3) is 0.107. The van der Waals surface area contributed by atoms with Gasteiger partial charge in [-0.25, -0.2) is 22.8 Å². The van der Waals surface area contributed by atoms with Crippen LogP contribution in [0.2, 0.25) is 0 Å². The van der Waals surface area contributed by atoms with Gasteiger partial charge in [0.15, 0.2) is 5.75 Å². The molecule has 0 aliphatic heterocycles. The van der Waals surface area contributed by atoms with Crippen LogP contribution in [0.25, 0.3) is 16.9 Å². The number of hydrogen-bond donors (Lipinski definition) is 1. The number of imidazole rings is 1. The number of hydroxylamine groups is 1. The van der Waals surface area contributed by atoms with E-state index in [9.17, 15) is 18.0 Å². The second-order valence-electron chi connectivity index (χ2n) is 8.37. The predicted octanol–water partition coefficient (Wildman–Crippen LogP) is 3.56. The summed E-state index contributed by atoms with van der Waals surface area (Å²) in [5.41, 5.74) is 1.92. The Balaban J connectivity index is 1.59.